The maximum atomic E-state index is 11.6. The van der Waals surface area contributed by atoms with Crippen LogP contribution in [-0.4, -0.2) is 38.4 Å². The number of ether oxygens (including phenoxy) is 1. The van der Waals surface area contributed by atoms with Crippen molar-refractivity contribution in [3.63, 3.8) is 0 Å². The molecular formula is C11H17N3O4S. The zero-order valence-corrected chi connectivity index (χ0v) is 11.4. The van der Waals surface area contributed by atoms with Crippen LogP contribution >= 0.6 is 0 Å². The van der Waals surface area contributed by atoms with Crippen molar-refractivity contribution in [3.05, 3.63) is 30.1 Å². The summed E-state index contributed by atoms with van der Waals surface area (Å²) < 4.78 is 30.3. The summed E-state index contributed by atoms with van der Waals surface area (Å²) in [5, 5.41) is 2.35. The molecule has 0 aromatic carbocycles. The van der Waals surface area contributed by atoms with Crippen LogP contribution in [0.3, 0.4) is 0 Å². The van der Waals surface area contributed by atoms with Crippen molar-refractivity contribution >= 4 is 16.1 Å². The largest absolute Gasteiger partial charge is 0.450 e. The lowest BCUT2D eigenvalue weighted by molar-refractivity contribution is 0.153. The molecule has 1 heterocycles. The second kappa shape index (κ2) is 7.70. The SMILES string of the molecule is CCOC(=O)NCCS(=O)(=O)NCc1cccnc1. The van der Waals surface area contributed by atoms with Crippen LogP contribution in [0.5, 0.6) is 0 Å². The molecule has 106 valence electrons. The first-order valence-corrected chi connectivity index (χ1v) is 7.45. The van der Waals surface area contributed by atoms with E-state index < -0.39 is 16.1 Å². The summed E-state index contributed by atoms with van der Waals surface area (Å²) >= 11 is 0. The van der Waals surface area contributed by atoms with Crippen molar-refractivity contribution in [1.29, 1.82) is 0 Å². The fourth-order valence-corrected chi connectivity index (χ4v) is 2.14. The molecule has 0 fully saturated rings. The van der Waals surface area contributed by atoms with Crippen molar-refractivity contribution in [3.8, 4) is 0 Å². The average molecular weight is 287 g/mol. The van der Waals surface area contributed by atoms with Gasteiger partial charge in [0.05, 0.1) is 12.4 Å². The van der Waals surface area contributed by atoms with E-state index in [2.05, 4.69) is 19.8 Å². The van der Waals surface area contributed by atoms with Gasteiger partial charge in [-0.3, -0.25) is 4.98 Å². The van der Waals surface area contributed by atoms with Crippen LogP contribution in [0.15, 0.2) is 24.5 Å². The second-order valence-corrected chi connectivity index (χ2v) is 5.57. The molecule has 1 aromatic heterocycles. The third kappa shape index (κ3) is 6.73. The van der Waals surface area contributed by atoms with Gasteiger partial charge in [0.2, 0.25) is 10.0 Å². The van der Waals surface area contributed by atoms with E-state index in [1.54, 1.807) is 31.5 Å². The molecular weight excluding hydrogens is 270 g/mol. The normalized spacial score (nSPS) is 11.0. The number of rotatable bonds is 7. The Labute approximate surface area is 112 Å². The predicted octanol–water partition coefficient (Wildman–Crippen LogP) is 0.247. The Hall–Kier alpha value is -1.67. The molecule has 19 heavy (non-hydrogen) atoms. The highest BCUT2D eigenvalue weighted by Crippen LogP contribution is 1.96. The molecule has 1 rings (SSSR count). The Morgan fingerprint density at radius 3 is 2.89 bits per heavy atom. The van der Waals surface area contributed by atoms with Crippen LogP contribution in [-0.2, 0) is 21.3 Å². The highest BCUT2D eigenvalue weighted by molar-refractivity contribution is 7.89. The fraction of sp³-hybridized carbons (Fsp3) is 0.455. The molecule has 0 unspecified atom stereocenters. The number of amides is 1. The molecule has 8 heteroatoms. The van der Waals surface area contributed by atoms with Crippen molar-refractivity contribution in [2.24, 2.45) is 0 Å². The Balaban J connectivity index is 2.30. The number of alkyl carbamates (subject to hydrolysis) is 1. The minimum Gasteiger partial charge on any atom is -0.450 e. The van der Waals surface area contributed by atoms with Gasteiger partial charge in [0.25, 0.3) is 0 Å². The molecule has 0 radical (unpaired) electrons. The van der Waals surface area contributed by atoms with Crippen LogP contribution in [0.4, 0.5) is 4.79 Å². The number of sulfonamides is 1. The van der Waals surface area contributed by atoms with Crippen LogP contribution in [0.1, 0.15) is 12.5 Å². The molecule has 0 saturated heterocycles. The molecule has 1 aromatic rings. The maximum Gasteiger partial charge on any atom is 0.407 e. The van der Waals surface area contributed by atoms with Gasteiger partial charge in [-0.2, -0.15) is 0 Å². The van der Waals surface area contributed by atoms with Crippen LogP contribution < -0.4 is 10.0 Å². The lowest BCUT2D eigenvalue weighted by Crippen LogP contribution is -2.34. The lowest BCUT2D eigenvalue weighted by atomic mass is 10.3. The number of pyridine rings is 1. The minimum atomic E-state index is -3.44. The van der Waals surface area contributed by atoms with E-state index in [0.29, 0.717) is 0 Å². The van der Waals surface area contributed by atoms with Crippen molar-refractivity contribution in [1.82, 2.24) is 15.0 Å². The highest BCUT2D eigenvalue weighted by Gasteiger charge is 2.10. The van der Waals surface area contributed by atoms with Crippen molar-refractivity contribution < 1.29 is 17.9 Å². The Morgan fingerprint density at radius 2 is 2.26 bits per heavy atom. The number of aromatic nitrogens is 1. The average Bonchev–Trinajstić information content (AvgIpc) is 2.38. The molecule has 0 atom stereocenters. The van der Waals surface area contributed by atoms with Gasteiger partial charge < -0.3 is 10.1 Å². The first-order valence-electron chi connectivity index (χ1n) is 5.80. The summed E-state index contributed by atoms with van der Waals surface area (Å²) in [7, 11) is -3.44. The van der Waals surface area contributed by atoms with Crippen LogP contribution in [0, 0.1) is 0 Å². The number of nitrogens with zero attached hydrogens (tertiary/aromatic N) is 1. The standard InChI is InChI=1S/C11H17N3O4S/c1-2-18-11(15)13-6-7-19(16,17)14-9-10-4-3-5-12-8-10/h3-5,8,14H,2,6-7,9H2,1H3,(H,13,15). The molecule has 0 saturated carbocycles. The van der Waals surface area contributed by atoms with E-state index in [1.807, 2.05) is 0 Å². The van der Waals surface area contributed by atoms with Gasteiger partial charge in [0.1, 0.15) is 0 Å². The fourth-order valence-electron chi connectivity index (χ4n) is 1.24. The van der Waals surface area contributed by atoms with Gasteiger partial charge in [-0.15, -0.1) is 0 Å². The molecule has 0 bridgehead atoms. The van der Waals surface area contributed by atoms with Crippen LogP contribution in [0.2, 0.25) is 0 Å². The first kappa shape index (κ1) is 15.4. The maximum absolute atomic E-state index is 11.6. The van der Waals surface area contributed by atoms with E-state index in [-0.39, 0.29) is 25.4 Å². The monoisotopic (exact) mass is 287 g/mol. The van der Waals surface area contributed by atoms with E-state index in [4.69, 9.17) is 0 Å². The van der Waals surface area contributed by atoms with E-state index in [0.717, 1.165) is 5.56 Å². The Morgan fingerprint density at radius 1 is 1.47 bits per heavy atom. The number of hydrogen-bond donors (Lipinski definition) is 2. The van der Waals surface area contributed by atoms with Gasteiger partial charge in [-0.05, 0) is 18.6 Å². The smallest absolute Gasteiger partial charge is 0.407 e. The van der Waals surface area contributed by atoms with Gasteiger partial charge in [-0.1, -0.05) is 6.07 Å². The molecule has 2 N–H and O–H groups in total. The van der Waals surface area contributed by atoms with Gasteiger partial charge in [-0.25, -0.2) is 17.9 Å². The molecule has 0 aliphatic carbocycles. The van der Waals surface area contributed by atoms with Crippen molar-refractivity contribution in [2.45, 2.75) is 13.5 Å². The Bertz CT molecular complexity index is 490. The van der Waals surface area contributed by atoms with E-state index >= 15 is 0 Å². The summed E-state index contributed by atoms with van der Waals surface area (Å²) in [5.74, 6) is -0.202. The lowest BCUT2D eigenvalue weighted by Gasteiger charge is -2.07. The molecule has 1 amide bonds. The zero-order chi connectivity index (χ0) is 14.1. The summed E-state index contributed by atoms with van der Waals surface area (Å²) in [6, 6.07) is 3.50. The molecule has 0 aliphatic rings. The number of nitrogens with one attached hydrogen (secondary N) is 2. The number of carbonyl (C=O) groups excluding carboxylic acids is 1. The minimum absolute atomic E-state index is 0.00120. The third-order valence-corrected chi connectivity index (χ3v) is 3.46. The number of carbonyl (C=O) groups is 1. The van der Waals surface area contributed by atoms with Gasteiger partial charge >= 0.3 is 6.09 Å². The van der Waals surface area contributed by atoms with E-state index in [1.165, 1.54) is 0 Å². The number of hydrogen-bond acceptors (Lipinski definition) is 5. The van der Waals surface area contributed by atoms with E-state index in [9.17, 15) is 13.2 Å². The molecule has 0 spiro atoms. The summed E-state index contributed by atoms with van der Waals surface area (Å²) in [6.45, 7) is 2.10. The summed E-state index contributed by atoms with van der Waals surface area (Å²) in [6.07, 6.45) is 2.57. The third-order valence-electron chi connectivity index (χ3n) is 2.13. The quantitative estimate of drug-likeness (QED) is 0.749. The second-order valence-electron chi connectivity index (χ2n) is 3.65. The van der Waals surface area contributed by atoms with Gasteiger partial charge in [0, 0.05) is 25.5 Å². The zero-order valence-electron chi connectivity index (χ0n) is 10.6. The van der Waals surface area contributed by atoms with Crippen molar-refractivity contribution in [2.75, 3.05) is 18.9 Å². The topological polar surface area (TPSA) is 97.4 Å². The Kier molecular flexibility index (Phi) is 6.23. The molecule has 7 nitrogen and oxygen atoms in total. The van der Waals surface area contributed by atoms with Gasteiger partial charge in [0.15, 0.2) is 0 Å². The molecule has 0 aliphatic heterocycles. The summed E-state index contributed by atoms with van der Waals surface area (Å²) in [4.78, 5) is 14.8. The highest BCUT2D eigenvalue weighted by atomic mass is 32.2. The van der Waals surface area contributed by atoms with Crippen LogP contribution in [0.25, 0.3) is 0 Å². The predicted molar refractivity (Wildman–Crippen MR) is 69.9 cm³/mol. The first-order chi connectivity index (χ1) is 9.03. The summed E-state index contributed by atoms with van der Waals surface area (Å²) in [5.41, 5.74) is 0.768.